The molecule has 162 valence electrons. The van der Waals surface area contributed by atoms with Crippen LogP contribution in [0.1, 0.15) is 41.8 Å². The number of carbonyl (C=O) groups is 2. The van der Waals surface area contributed by atoms with E-state index in [-0.39, 0.29) is 37.8 Å². The first kappa shape index (κ1) is 23.3. The molecular weight excluding hydrogens is 399 g/mol. The van der Waals surface area contributed by atoms with Crippen molar-refractivity contribution in [2.75, 3.05) is 13.2 Å². The summed E-state index contributed by atoms with van der Waals surface area (Å²) in [5.74, 6) is -1.02. The number of amides is 1. The fraction of sp³-hybridized carbons (Fsp3) is 0.364. The van der Waals surface area contributed by atoms with E-state index in [4.69, 9.17) is 4.74 Å². The largest absolute Gasteiger partial charge is 0.573 e. The second-order valence-electron chi connectivity index (χ2n) is 6.48. The van der Waals surface area contributed by atoms with E-state index >= 15 is 0 Å². The van der Waals surface area contributed by atoms with Gasteiger partial charge in [0.25, 0.3) is 5.91 Å². The van der Waals surface area contributed by atoms with Gasteiger partial charge in [-0.1, -0.05) is 37.3 Å². The molecule has 0 aliphatic heterocycles. The minimum atomic E-state index is -4.77. The summed E-state index contributed by atoms with van der Waals surface area (Å²) in [6.45, 7) is 4.13. The van der Waals surface area contributed by atoms with Gasteiger partial charge in [-0.15, -0.1) is 13.2 Å². The Morgan fingerprint density at radius 1 is 1.00 bits per heavy atom. The number of aryl methyl sites for hydroxylation is 1. The van der Waals surface area contributed by atoms with Gasteiger partial charge in [0.15, 0.2) is 0 Å². The highest BCUT2D eigenvalue weighted by Crippen LogP contribution is 2.23. The third-order valence-corrected chi connectivity index (χ3v) is 4.34. The van der Waals surface area contributed by atoms with Crippen LogP contribution in [-0.2, 0) is 22.5 Å². The Morgan fingerprint density at radius 3 is 2.27 bits per heavy atom. The second kappa shape index (κ2) is 10.7. The summed E-state index contributed by atoms with van der Waals surface area (Å²) in [6, 6.07) is 12.5. The van der Waals surface area contributed by atoms with E-state index in [0.717, 1.165) is 5.56 Å². The van der Waals surface area contributed by atoms with Gasteiger partial charge in [0.2, 0.25) is 0 Å². The third-order valence-electron chi connectivity index (χ3n) is 4.34. The van der Waals surface area contributed by atoms with E-state index in [9.17, 15) is 22.8 Å². The van der Waals surface area contributed by atoms with Gasteiger partial charge in [0, 0.05) is 18.7 Å². The summed E-state index contributed by atoms with van der Waals surface area (Å²) < 4.78 is 45.8. The first-order chi connectivity index (χ1) is 14.2. The van der Waals surface area contributed by atoms with Gasteiger partial charge in [0.1, 0.15) is 5.75 Å². The Balaban J connectivity index is 2.20. The Hall–Kier alpha value is -3.03. The maximum absolute atomic E-state index is 13.2. The van der Waals surface area contributed by atoms with Gasteiger partial charge in [-0.2, -0.15) is 0 Å². The second-order valence-corrected chi connectivity index (χ2v) is 6.48. The average molecular weight is 423 g/mol. The van der Waals surface area contributed by atoms with E-state index in [2.05, 4.69) is 4.74 Å². The zero-order chi connectivity index (χ0) is 22.1. The van der Waals surface area contributed by atoms with Gasteiger partial charge < -0.3 is 14.4 Å². The van der Waals surface area contributed by atoms with Crippen LogP contribution in [0.15, 0.2) is 48.5 Å². The van der Waals surface area contributed by atoms with Gasteiger partial charge in [-0.3, -0.25) is 9.59 Å². The summed E-state index contributed by atoms with van der Waals surface area (Å²) in [4.78, 5) is 26.4. The summed E-state index contributed by atoms with van der Waals surface area (Å²) in [7, 11) is 0. The summed E-state index contributed by atoms with van der Waals surface area (Å²) in [5, 5.41) is 0. The van der Waals surface area contributed by atoms with Crippen LogP contribution in [0.25, 0.3) is 0 Å². The Bertz CT molecular complexity index is 850. The van der Waals surface area contributed by atoms with Crippen molar-refractivity contribution in [2.45, 2.75) is 39.6 Å². The normalized spacial score (nSPS) is 11.1. The van der Waals surface area contributed by atoms with Crippen molar-refractivity contribution in [1.29, 1.82) is 0 Å². The van der Waals surface area contributed by atoms with Crippen LogP contribution in [0.3, 0.4) is 0 Å². The first-order valence-electron chi connectivity index (χ1n) is 9.61. The molecule has 0 N–H and O–H groups in total. The van der Waals surface area contributed by atoms with Crippen LogP contribution in [0.4, 0.5) is 13.2 Å². The van der Waals surface area contributed by atoms with E-state index < -0.39 is 12.3 Å². The van der Waals surface area contributed by atoms with Crippen LogP contribution in [0.2, 0.25) is 0 Å². The molecule has 0 spiro atoms. The van der Waals surface area contributed by atoms with Crippen LogP contribution in [-0.4, -0.2) is 36.3 Å². The number of rotatable bonds is 9. The van der Waals surface area contributed by atoms with Crippen LogP contribution in [0.5, 0.6) is 5.75 Å². The van der Waals surface area contributed by atoms with Crippen molar-refractivity contribution in [2.24, 2.45) is 0 Å². The van der Waals surface area contributed by atoms with E-state index in [1.54, 1.807) is 19.1 Å². The number of alkyl halides is 3. The van der Waals surface area contributed by atoms with E-state index in [1.165, 1.54) is 29.2 Å². The lowest BCUT2D eigenvalue weighted by atomic mass is 10.0. The maximum atomic E-state index is 13.2. The molecule has 30 heavy (non-hydrogen) atoms. The molecule has 0 aliphatic carbocycles. The van der Waals surface area contributed by atoms with E-state index in [1.807, 2.05) is 19.1 Å². The Kier molecular flexibility index (Phi) is 8.26. The monoisotopic (exact) mass is 423 g/mol. The lowest BCUT2D eigenvalue weighted by Gasteiger charge is -2.24. The molecule has 0 aromatic heterocycles. The first-order valence-corrected chi connectivity index (χ1v) is 9.61. The Labute approximate surface area is 173 Å². The number of halogens is 3. The summed E-state index contributed by atoms with van der Waals surface area (Å²) in [5.41, 5.74) is 2.01. The van der Waals surface area contributed by atoms with Crippen molar-refractivity contribution in [3.05, 3.63) is 65.2 Å². The van der Waals surface area contributed by atoms with E-state index in [0.29, 0.717) is 17.5 Å². The quantitative estimate of drug-likeness (QED) is 0.547. The lowest BCUT2D eigenvalue weighted by Crippen LogP contribution is -2.33. The zero-order valence-electron chi connectivity index (χ0n) is 16.9. The lowest BCUT2D eigenvalue weighted by molar-refractivity contribution is -0.274. The predicted molar refractivity (Wildman–Crippen MR) is 105 cm³/mol. The van der Waals surface area contributed by atoms with Gasteiger partial charge in [-0.25, -0.2) is 0 Å². The van der Waals surface area contributed by atoms with Crippen molar-refractivity contribution in [3.8, 4) is 5.75 Å². The number of benzene rings is 2. The minimum absolute atomic E-state index is 0.0170. The van der Waals surface area contributed by atoms with Crippen LogP contribution < -0.4 is 4.74 Å². The molecule has 0 atom stereocenters. The molecule has 5 nitrogen and oxygen atoms in total. The molecule has 2 aromatic rings. The number of carbonyl (C=O) groups excluding carboxylic acids is 2. The number of esters is 1. The number of nitrogens with zero attached hydrogens (tertiary/aromatic N) is 1. The summed E-state index contributed by atoms with van der Waals surface area (Å²) >= 11 is 0. The summed E-state index contributed by atoms with van der Waals surface area (Å²) in [6.07, 6.45) is -4.09. The molecular formula is C22H24F3NO4. The zero-order valence-corrected chi connectivity index (χ0v) is 16.9. The number of hydrogen-bond donors (Lipinski definition) is 0. The fourth-order valence-electron chi connectivity index (χ4n) is 2.94. The number of hydrogen-bond acceptors (Lipinski definition) is 4. The van der Waals surface area contributed by atoms with Gasteiger partial charge >= 0.3 is 12.3 Å². The minimum Gasteiger partial charge on any atom is -0.466 e. The number of ether oxygens (including phenoxy) is 2. The van der Waals surface area contributed by atoms with Crippen molar-refractivity contribution in [3.63, 3.8) is 0 Å². The van der Waals surface area contributed by atoms with Crippen molar-refractivity contribution < 1.29 is 32.2 Å². The van der Waals surface area contributed by atoms with Gasteiger partial charge in [0.05, 0.1) is 13.0 Å². The highest BCUT2D eigenvalue weighted by molar-refractivity contribution is 5.95. The molecule has 0 saturated heterocycles. The fourth-order valence-corrected chi connectivity index (χ4v) is 2.94. The third kappa shape index (κ3) is 7.09. The molecule has 0 fully saturated rings. The standard InChI is InChI=1S/C22H24F3NO4/c1-3-17-7-5-6-8-19(17)21(28)26(14-13-20(27)29-4-2)15-16-9-11-18(12-10-16)30-22(23,24)25/h5-12H,3-4,13-15H2,1-2H3. The molecule has 8 heteroatoms. The SMILES string of the molecule is CCOC(=O)CCN(Cc1ccc(OC(F)(F)F)cc1)C(=O)c1ccccc1CC. The Morgan fingerprint density at radius 2 is 1.67 bits per heavy atom. The average Bonchev–Trinajstić information content (AvgIpc) is 2.71. The topological polar surface area (TPSA) is 55.8 Å². The smallest absolute Gasteiger partial charge is 0.466 e. The molecule has 0 heterocycles. The molecule has 2 aromatic carbocycles. The van der Waals surface area contributed by atoms with Gasteiger partial charge in [-0.05, 0) is 42.7 Å². The highest BCUT2D eigenvalue weighted by atomic mass is 19.4. The van der Waals surface area contributed by atoms with Crippen LogP contribution in [0, 0.1) is 0 Å². The molecule has 2 rings (SSSR count). The molecule has 0 aliphatic rings. The van der Waals surface area contributed by atoms with Crippen molar-refractivity contribution >= 4 is 11.9 Å². The highest BCUT2D eigenvalue weighted by Gasteiger charge is 2.31. The molecule has 0 radical (unpaired) electrons. The van der Waals surface area contributed by atoms with Crippen LogP contribution >= 0.6 is 0 Å². The molecule has 1 amide bonds. The molecule has 0 unspecified atom stereocenters. The molecule has 0 bridgehead atoms. The predicted octanol–water partition coefficient (Wildman–Crippen LogP) is 4.74. The maximum Gasteiger partial charge on any atom is 0.573 e. The van der Waals surface area contributed by atoms with Crippen molar-refractivity contribution in [1.82, 2.24) is 4.90 Å². The molecule has 0 saturated carbocycles.